The van der Waals surface area contributed by atoms with Crippen molar-refractivity contribution in [1.82, 2.24) is 0 Å². The van der Waals surface area contributed by atoms with Gasteiger partial charge in [0.15, 0.2) is 6.17 Å². The Hall–Kier alpha value is -0.600. The standard InChI is InChI=1S/C6H7F8N/c7-3(1-2-4(8,9)10)5(11,12)6(13,14)15/h3H,1-2,15H2. The lowest BCUT2D eigenvalue weighted by atomic mass is 10.1. The van der Waals surface area contributed by atoms with E-state index < -0.39 is 37.2 Å². The zero-order valence-electron chi connectivity index (χ0n) is 7.09. The van der Waals surface area contributed by atoms with E-state index in [2.05, 4.69) is 5.73 Å². The molecule has 0 aliphatic heterocycles. The fraction of sp³-hybridized carbons (Fsp3) is 1.00. The topological polar surface area (TPSA) is 26.0 Å². The van der Waals surface area contributed by atoms with Gasteiger partial charge in [0.2, 0.25) is 0 Å². The molecule has 0 radical (unpaired) electrons. The predicted molar refractivity (Wildman–Crippen MR) is 34.3 cm³/mol. The first-order chi connectivity index (χ1) is 6.38. The lowest BCUT2D eigenvalue weighted by Crippen LogP contribution is -2.54. The van der Waals surface area contributed by atoms with Gasteiger partial charge in [0, 0.05) is 6.42 Å². The van der Waals surface area contributed by atoms with Gasteiger partial charge in [-0.25, -0.2) is 4.39 Å². The summed E-state index contributed by atoms with van der Waals surface area (Å²) in [7, 11) is 0. The minimum atomic E-state index is -5.31. The van der Waals surface area contributed by atoms with E-state index >= 15 is 0 Å². The number of halogens is 8. The Labute approximate surface area is 79.2 Å². The third-order valence-electron chi connectivity index (χ3n) is 1.52. The van der Waals surface area contributed by atoms with Gasteiger partial charge >= 0.3 is 18.1 Å². The van der Waals surface area contributed by atoms with Crippen molar-refractivity contribution in [2.45, 2.75) is 37.2 Å². The predicted octanol–water partition coefficient (Wildman–Crippen LogP) is 2.85. The van der Waals surface area contributed by atoms with Crippen LogP contribution in [0.1, 0.15) is 12.8 Å². The summed E-state index contributed by atoms with van der Waals surface area (Å²) in [5.74, 6) is -5.31. The highest BCUT2D eigenvalue weighted by Crippen LogP contribution is 2.37. The molecule has 0 aromatic carbocycles. The molecule has 0 saturated heterocycles. The summed E-state index contributed by atoms with van der Waals surface area (Å²) in [6.07, 6.45) is -12.2. The number of hydrogen-bond donors (Lipinski definition) is 1. The van der Waals surface area contributed by atoms with Crippen molar-refractivity contribution < 1.29 is 35.1 Å². The fourth-order valence-corrected chi connectivity index (χ4v) is 0.680. The summed E-state index contributed by atoms with van der Waals surface area (Å²) in [6.45, 7) is 0. The van der Waals surface area contributed by atoms with Gasteiger partial charge in [0.25, 0.3) is 0 Å². The van der Waals surface area contributed by atoms with E-state index in [1.165, 1.54) is 0 Å². The molecule has 0 spiro atoms. The minimum Gasteiger partial charge on any atom is -0.267 e. The van der Waals surface area contributed by atoms with Crippen LogP contribution in [0.5, 0.6) is 0 Å². The minimum absolute atomic E-state index is 1.76. The molecule has 2 N–H and O–H groups in total. The number of alkyl halides is 8. The fourth-order valence-electron chi connectivity index (χ4n) is 0.680. The van der Waals surface area contributed by atoms with Crippen LogP contribution in [-0.4, -0.2) is 24.3 Å². The molecular formula is C6H7F8N. The van der Waals surface area contributed by atoms with Crippen LogP contribution in [0.2, 0.25) is 0 Å². The molecule has 0 amide bonds. The number of hydrogen-bond acceptors (Lipinski definition) is 1. The molecule has 1 nitrogen and oxygen atoms in total. The smallest absolute Gasteiger partial charge is 0.267 e. The van der Waals surface area contributed by atoms with E-state index in [4.69, 9.17) is 0 Å². The van der Waals surface area contributed by atoms with Crippen molar-refractivity contribution in [2.24, 2.45) is 5.73 Å². The molecule has 1 atom stereocenters. The maximum absolute atomic E-state index is 12.4. The van der Waals surface area contributed by atoms with Crippen LogP contribution in [0.4, 0.5) is 35.1 Å². The number of nitrogens with two attached hydrogens (primary N) is 1. The first-order valence-electron chi connectivity index (χ1n) is 3.63. The van der Waals surface area contributed by atoms with Crippen molar-refractivity contribution in [3.8, 4) is 0 Å². The Morgan fingerprint density at radius 2 is 1.33 bits per heavy atom. The van der Waals surface area contributed by atoms with Crippen LogP contribution in [0, 0.1) is 0 Å². The lowest BCUT2D eigenvalue weighted by molar-refractivity contribution is -0.240. The maximum atomic E-state index is 12.4. The normalized spacial score (nSPS) is 16.6. The average molecular weight is 245 g/mol. The van der Waals surface area contributed by atoms with Gasteiger partial charge in [-0.3, -0.25) is 5.73 Å². The highest BCUT2D eigenvalue weighted by Gasteiger charge is 2.59. The molecule has 0 aromatic rings. The molecule has 9 heteroatoms. The highest BCUT2D eigenvalue weighted by molar-refractivity contribution is 4.87. The van der Waals surface area contributed by atoms with Crippen LogP contribution in [-0.2, 0) is 0 Å². The van der Waals surface area contributed by atoms with E-state index in [1.54, 1.807) is 0 Å². The van der Waals surface area contributed by atoms with E-state index in [-0.39, 0.29) is 0 Å². The molecule has 0 aliphatic carbocycles. The Kier molecular flexibility index (Phi) is 3.94. The monoisotopic (exact) mass is 245 g/mol. The highest BCUT2D eigenvalue weighted by atomic mass is 19.4. The van der Waals surface area contributed by atoms with Crippen molar-refractivity contribution >= 4 is 0 Å². The molecule has 0 heterocycles. The van der Waals surface area contributed by atoms with Crippen molar-refractivity contribution in [3.63, 3.8) is 0 Å². The van der Waals surface area contributed by atoms with Crippen LogP contribution in [0.3, 0.4) is 0 Å². The van der Waals surface area contributed by atoms with Crippen LogP contribution < -0.4 is 5.73 Å². The summed E-state index contributed by atoms with van der Waals surface area (Å²) < 4.78 is 95.1. The average Bonchev–Trinajstić information content (AvgIpc) is 1.96. The van der Waals surface area contributed by atoms with E-state index in [9.17, 15) is 35.1 Å². The molecule has 0 aromatic heterocycles. The second kappa shape index (κ2) is 4.11. The number of rotatable bonds is 4. The van der Waals surface area contributed by atoms with Gasteiger partial charge in [-0.05, 0) is 6.42 Å². The van der Waals surface area contributed by atoms with E-state index in [0.717, 1.165) is 0 Å². The molecular weight excluding hydrogens is 238 g/mol. The van der Waals surface area contributed by atoms with Gasteiger partial charge < -0.3 is 0 Å². The lowest BCUT2D eigenvalue weighted by Gasteiger charge is -2.25. The molecule has 15 heavy (non-hydrogen) atoms. The quantitative estimate of drug-likeness (QED) is 0.598. The van der Waals surface area contributed by atoms with Crippen molar-refractivity contribution in [3.05, 3.63) is 0 Å². The Morgan fingerprint density at radius 3 is 1.60 bits per heavy atom. The summed E-state index contributed by atoms with van der Waals surface area (Å²) in [5, 5.41) is 0. The first-order valence-corrected chi connectivity index (χ1v) is 3.63. The maximum Gasteiger partial charge on any atom is 0.389 e. The summed E-state index contributed by atoms with van der Waals surface area (Å²) in [6, 6.07) is -5.18. The summed E-state index contributed by atoms with van der Waals surface area (Å²) >= 11 is 0. The molecule has 0 saturated carbocycles. The zero-order valence-corrected chi connectivity index (χ0v) is 7.09. The van der Waals surface area contributed by atoms with E-state index in [1.807, 2.05) is 0 Å². The zero-order chi connectivity index (χ0) is 12.5. The van der Waals surface area contributed by atoms with Crippen LogP contribution in [0.25, 0.3) is 0 Å². The molecule has 1 unspecified atom stereocenters. The van der Waals surface area contributed by atoms with Gasteiger partial charge in [-0.2, -0.15) is 30.7 Å². The third-order valence-corrected chi connectivity index (χ3v) is 1.52. The van der Waals surface area contributed by atoms with Crippen LogP contribution >= 0.6 is 0 Å². The molecule has 0 rings (SSSR count). The van der Waals surface area contributed by atoms with Crippen molar-refractivity contribution in [2.75, 3.05) is 0 Å². The molecule has 92 valence electrons. The second-order valence-corrected chi connectivity index (χ2v) is 2.87. The first kappa shape index (κ1) is 14.4. The van der Waals surface area contributed by atoms with Crippen LogP contribution in [0.15, 0.2) is 0 Å². The molecule has 0 bridgehead atoms. The van der Waals surface area contributed by atoms with E-state index in [0.29, 0.717) is 0 Å². The largest absolute Gasteiger partial charge is 0.389 e. The van der Waals surface area contributed by atoms with Gasteiger partial charge in [-0.15, -0.1) is 0 Å². The van der Waals surface area contributed by atoms with Gasteiger partial charge in [-0.1, -0.05) is 0 Å². The molecule has 0 fully saturated rings. The second-order valence-electron chi connectivity index (χ2n) is 2.87. The molecule has 0 aliphatic rings. The SMILES string of the molecule is NC(F)(F)C(F)(F)C(F)CCC(F)(F)F. The summed E-state index contributed by atoms with van der Waals surface area (Å²) in [4.78, 5) is 0. The Bertz CT molecular complexity index is 204. The van der Waals surface area contributed by atoms with Gasteiger partial charge in [0.1, 0.15) is 0 Å². The summed E-state index contributed by atoms with van der Waals surface area (Å²) in [5.41, 5.74) is 3.65. The van der Waals surface area contributed by atoms with Gasteiger partial charge in [0.05, 0.1) is 0 Å². The Balaban J connectivity index is 4.39. The van der Waals surface area contributed by atoms with Crippen molar-refractivity contribution in [1.29, 1.82) is 0 Å². The Morgan fingerprint density at radius 1 is 0.933 bits per heavy atom. The third kappa shape index (κ3) is 4.18.